The molecule has 1 saturated heterocycles. The third kappa shape index (κ3) is 4.59. The molecule has 8 heteroatoms. The Morgan fingerprint density at radius 2 is 1.96 bits per heavy atom. The Balaban J connectivity index is 1.82. The van der Waals surface area contributed by atoms with Crippen LogP contribution in [0.15, 0.2) is 29.6 Å². The number of thioether (sulfide) groups is 1. The van der Waals surface area contributed by atoms with Crippen molar-refractivity contribution >= 4 is 40.9 Å². The van der Waals surface area contributed by atoms with Gasteiger partial charge in [-0.2, -0.15) is 0 Å². The lowest BCUT2D eigenvalue weighted by Gasteiger charge is -2.27. The Kier molecular flexibility index (Phi) is 6.34. The van der Waals surface area contributed by atoms with E-state index in [1.165, 1.54) is 18.0 Å². The number of aromatic nitrogens is 2. The Labute approximate surface area is 167 Å². The van der Waals surface area contributed by atoms with Crippen LogP contribution in [0.4, 0.5) is 5.69 Å². The molecular formula is C19H21ClN4O2S. The van der Waals surface area contributed by atoms with Gasteiger partial charge in [-0.1, -0.05) is 29.4 Å². The summed E-state index contributed by atoms with van der Waals surface area (Å²) >= 11 is 7.41. The minimum Gasteiger partial charge on any atom is -0.339 e. The Morgan fingerprint density at radius 3 is 2.67 bits per heavy atom. The highest BCUT2D eigenvalue weighted by molar-refractivity contribution is 7.98. The highest BCUT2D eigenvalue weighted by atomic mass is 35.5. The van der Waals surface area contributed by atoms with Gasteiger partial charge in [0.25, 0.3) is 11.8 Å². The summed E-state index contributed by atoms with van der Waals surface area (Å²) in [5.74, 6) is -0.432. The van der Waals surface area contributed by atoms with Crippen molar-refractivity contribution in [3.63, 3.8) is 0 Å². The van der Waals surface area contributed by atoms with E-state index < -0.39 is 5.91 Å². The largest absolute Gasteiger partial charge is 0.339 e. The van der Waals surface area contributed by atoms with Gasteiger partial charge in [-0.15, -0.1) is 0 Å². The lowest BCUT2D eigenvalue weighted by molar-refractivity contribution is 0.0724. The maximum atomic E-state index is 12.7. The number of benzene rings is 1. The number of rotatable bonds is 4. The van der Waals surface area contributed by atoms with E-state index in [1.54, 1.807) is 12.1 Å². The summed E-state index contributed by atoms with van der Waals surface area (Å²) < 4.78 is 0. The zero-order valence-corrected chi connectivity index (χ0v) is 16.9. The van der Waals surface area contributed by atoms with Crippen LogP contribution in [-0.4, -0.2) is 46.0 Å². The molecule has 142 valence electrons. The summed E-state index contributed by atoms with van der Waals surface area (Å²) in [4.78, 5) is 35.5. The van der Waals surface area contributed by atoms with Gasteiger partial charge in [-0.05, 0) is 50.1 Å². The standard InChI is InChI=1S/C19H21ClN4O2S/c1-12-6-7-13(18(26)24-8-4-3-5-9-24)10-15(12)22-17(25)16-14(20)11-21-19(23-16)27-2/h6-7,10-11H,3-5,8-9H2,1-2H3,(H,22,25). The zero-order valence-electron chi connectivity index (χ0n) is 15.3. The average Bonchev–Trinajstić information content (AvgIpc) is 2.70. The number of hydrogen-bond donors (Lipinski definition) is 1. The summed E-state index contributed by atoms with van der Waals surface area (Å²) in [5, 5.41) is 3.47. The molecule has 0 aliphatic carbocycles. The maximum Gasteiger partial charge on any atom is 0.275 e. The lowest BCUT2D eigenvalue weighted by atomic mass is 10.1. The van der Waals surface area contributed by atoms with Crippen LogP contribution in [-0.2, 0) is 0 Å². The number of likely N-dealkylation sites (tertiary alicyclic amines) is 1. The predicted octanol–water partition coefficient (Wildman–Crippen LogP) is 4.04. The molecule has 1 fully saturated rings. The van der Waals surface area contributed by atoms with Crippen molar-refractivity contribution in [2.45, 2.75) is 31.3 Å². The normalized spacial score (nSPS) is 14.1. The number of nitrogens with zero attached hydrogens (tertiary/aromatic N) is 3. The van der Waals surface area contributed by atoms with E-state index in [9.17, 15) is 9.59 Å². The number of nitrogens with one attached hydrogen (secondary N) is 1. The van der Waals surface area contributed by atoms with Crippen molar-refractivity contribution in [2.24, 2.45) is 0 Å². The molecule has 1 aromatic heterocycles. The Morgan fingerprint density at radius 1 is 1.22 bits per heavy atom. The third-order valence-electron chi connectivity index (χ3n) is 4.50. The van der Waals surface area contributed by atoms with Gasteiger partial charge in [0, 0.05) is 24.3 Å². The summed E-state index contributed by atoms with van der Waals surface area (Å²) in [6, 6.07) is 5.35. The number of piperidine rings is 1. The third-order valence-corrected chi connectivity index (χ3v) is 5.33. The van der Waals surface area contributed by atoms with E-state index >= 15 is 0 Å². The van der Waals surface area contributed by atoms with E-state index in [4.69, 9.17) is 11.6 Å². The van der Waals surface area contributed by atoms with Gasteiger partial charge >= 0.3 is 0 Å². The first kappa shape index (κ1) is 19.6. The first-order chi connectivity index (χ1) is 13.0. The average molecular weight is 405 g/mol. The summed E-state index contributed by atoms with van der Waals surface area (Å²) in [6.45, 7) is 3.44. The Hall–Kier alpha value is -2.12. The molecule has 1 aliphatic heterocycles. The van der Waals surface area contributed by atoms with Gasteiger partial charge in [0.1, 0.15) is 0 Å². The zero-order chi connectivity index (χ0) is 19.4. The smallest absolute Gasteiger partial charge is 0.275 e. The lowest BCUT2D eigenvalue weighted by Crippen LogP contribution is -2.35. The number of carbonyl (C=O) groups is 2. The summed E-state index contributed by atoms with van der Waals surface area (Å²) in [7, 11) is 0. The van der Waals surface area contributed by atoms with E-state index in [0.29, 0.717) is 16.4 Å². The summed E-state index contributed by atoms with van der Waals surface area (Å²) in [5.41, 5.74) is 2.11. The van der Waals surface area contributed by atoms with Crippen LogP contribution in [0.1, 0.15) is 45.7 Å². The fraction of sp³-hybridized carbons (Fsp3) is 0.368. The highest BCUT2D eigenvalue weighted by Crippen LogP contribution is 2.22. The SMILES string of the molecule is CSc1ncc(Cl)c(C(=O)Nc2cc(C(=O)N3CCCCC3)ccc2C)n1. The maximum absolute atomic E-state index is 12.7. The van der Waals surface area contributed by atoms with Crippen LogP contribution < -0.4 is 5.32 Å². The summed E-state index contributed by atoms with van der Waals surface area (Å²) in [6.07, 6.45) is 6.47. The fourth-order valence-corrected chi connectivity index (χ4v) is 3.48. The van der Waals surface area contributed by atoms with Crippen molar-refractivity contribution in [1.82, 2.24) is 14.9 Å². The molecule has 6 nitrogen and oxygen atoms in total. The molecule has 27 heavy (non-hydrogen) atoms. The highest BCUT2D eigenvalue weighted by Gasteiger charge is 2.20. The molecule has 2 aromatic rings. The van der Waals surface area contributed by atoms with Gasteiger partial charge in [-0.3, -0.25) is 9.59 Å². The van der Waals surface area contributed by atoms with Crippen molar-refractivity contribution < 1.29 is 9.59 Å². The molecule has 0 spiro atoms. The topological polar surface area (TPSA) is 75.2 Å². The monoisotopic (exact) mass is 404 g/mol. The first-order valence-corrected chi connectivity index (χ1v) is 10.4. The van der Waals surface area contributed by atoms with Crippen LogP contribution in [0.5, 0.6) is 0 Å². The number of amides is 2. The van der Waals surface area contributed by atoms with Crippen molar-refractivity contribution in [3.8, 4) is 0 Å². The van der Waals surface area contributed by atoms with E-state index in [-0.39, 0.29) is 16.6 Å². The molecule has 3 rings (SSSR count). The second-order valence-electron chi connectivity index (χ2n) is 6.39. The number of anilines is 1. The van der Waals surface area contributed by atoms with Crippen LogP contribution in [0, 0.1) is 6.92 Å². The molecule has 0 radical (unpaired) electrons. The molecule has 2 amide bonds. The molecule has 1 N–H and O–H groups in total. The second kappa shape index (κ2) is 8.71. The number of aryl methyl sites for hydroxylation is 1. The minimum atomic E-state index is -0.427. The van der Waals surface area contributed by atoms with Gasteiger partial charge in [0.05, 0.1) is 11.2 Å². The van der Waals surface area contributed by atoms with Crippen LogP contribution in [0.2, 0.25) is 5.02 Å². The van der Waals surface area contributed by atoms with Crippen LogP contribution in [0.3, 0.4) is 0 Å². The van der Waals surface area contributed by atoms with Gasteiger partial charge in [-0.25, -0.2) is 9.97 Å². The van der Waals surface area contributed by atoms with E-state index in [1.807, 2.05) is 24.1 Å². The minimum absolute atomic E-state index is 0.00469. The predicted molar refractivity (Wildman–Crippen MR) is 108 cm³/mol. The van der Waals surface area contributed by atoms with E-state index in [2.05, 4.69) is 15.3 Å². The Bertz CT molecular complexity index is 869. The molecule has 0 saturated carbocycles. The molecule has 0 bridgehead atoms. The fourth-order valence-electron chi connectivity index (χ4n) is 2.96. The van der Waals surface area contributed by atoms with Crippen molar-refractivity contribution in [2.75, 3.05) is 24.7 Å². The second-order valence-corrected chi connectivity index (χ2v) is 7.57. The van der Waals surface area contributed by atoms with Gasteiger partial charge in [0.15, 0.2) is 10.9 Å². The van der Waals surface area contributed by atoms with E-state index in [0.717, 1.165) is 37.9 Å². The molecule has 1 aliphatic rings. The van der Waals surface area contributed by atoms with Crippen molar-refractivity contribution in [3.05, 3.63) is 46.2 Å². The molecule has 0 unspecified atom stereocenters. The molecule has 0 atom stereocenters. The molecule has 2 heterocycles. The van der Waals surface area contributed by atoms with Crippen molar-refractivity contribution in [1.29, 1.82) is 0 Å². The van der Waals surface area contributed by atoms with Gasteiger partial charge in [0.2, 0.25) is 0 Å². The van der Waals surface area contributed by atoms with Crippen LogP contribution in [0.25, 0.3) is 0 Å². The number of halogens is 1. The molecule has 1 aromatic carbocycles. The van der Waals surface area contributed by atoms with Crippen LogP contribution >= 0.6 is 23.4 Å². The molecular weight excluding hydrogens is 384 g/mol. The first-order valence-electron chi connectivity index (χ1n) is 8.77. The number of hydrogen-bond acceptors (Lipinski definition) is 5. The number of carbonyl (C=O) groups excluding carboxylic acids is 2. The quantitative estimate of drug-likeness (QED) is 0.614. The van der Waals surface area contributed by atoms with Gasteiger partial charge < -0.3 is 10.2 Å².